The van der Waals surface area contributed by atoms with Crippen LogP contribution in [0.1, 0.15) is 25.7 Å². The Morgan fingerprint density at radius 2 is 1.88 bits per heavy atom. The Morgan fingerprint density at radius 1 is 1.18 bits per heavy atom. The molecule has 1 aromatic rings. The topological polar surface area (TPSA) is 24.4 Å². The van der Waals surface area contributed by atoms with Crippen molar-refractivity contribution in [3.8, 4) is 0 Å². The maximum absolute atomic E-state index is 4.89. The van der Waals surface area contributed by atoms with Crippen LogP contribution in [-0.4, -0.2) is 16.5 Å². The van der Waals surface area contributed by atoms with E-state index >= 15 is 0 Å². The fourth-order valence-electron chi connectivity index (χ4n) is 2.49. The molecule has 2 aliphatic rings. The van der Waals surface area contributed by atoms with Crippen LogP contribution in [0, 0.1) is 0 Å². The number of hydrogen-bond acceptors (Lipinski definition) is 3. The van der Waals surface area contributed by atoms with Crippen molar-refractivity contribution < 1.29 is 0 Å². The second kappa shape index (κ2) is 4.65. The van der Waals surface area contributed by atoms with Crippen molar-refractivity contribution in [3.05, 3.63) is 28.7 Å². The second-order valence-electron chi connectivity index (χ2n) is 4.77. The zero-order chi connectivity index (χ0) is 11.7. The van der Waals surface area contributed by atoms with E-state index in [-0.39, 0.29) is 5.54 Å². The Bertz CT molecular complexity index is 435. The summed E-state index contributed by atoms with van der Waals surface area (Å²) in [5, 5.41) is 4.50. The van der Waals surface area contributed by atoms with E-state index in [4.69, 9.17) is 4.99 Å². The van der Waals surface area contributed by atoms with E-state index in [0.717, 1.165) is 21.1 Å². The molecule has 90 valence electrons. The lowest BCUT2D eigenvalue weighted by atomic mass is 10.0. The molecule has 3 rings (SSSR count). The van der Waals surface area contributed by atoms with Gasteiger partial charge in [-0.1, -0.05) is 40.5 Å². The van der Waals surface area contributed by atoms with Crippen LogP contribution < -0.4 is 5.32 Å². The third-order valence-electron chi connectivity index (χ3n) is 3.45. The average Bonchev–Trinajstić information content (AvgIpc) is 2.94. The van der Waals surface area contributed by atoms with Gasteiger partial charge in [0, 0.05) is 15.9 Å². The number of benzene rings is 1. The molecule has 0 radical (unpaired) electrons. The molecule has 4 heteroatoms. The Balaban J connectivity index is 1.72. The first kappa shape index (κ1) is 11.6. The van der Waals surface area contributed by atoms with Crippen molar-refractivity contribution >= 4 is 38.5 Å². The quantitative estimate of drug-likeness (QED) is 0.837. The molecule has 1 heterocycles. The third-order valence-corrected chi connectivity index (χ3v) is 5.12. The Morgan fingerprint density at radius 3 is 2.59 bits per heavy atom. The number of anilines is 1. The fourth-order valence-corrected chi connectivity index (χ4v) is 3.96. The molecule has 0 unspecified atom stereocenters. The summed E-state index contributed by atoms with van der Waals surface area (Å²) in [4.78, 5) is 4.89. The molecule has 0 atom stereocenters. The lowest BCUT2D eigenvalue weighted by Crippen LogP contribution is -2.21. The Hall–Kier alpha value is -0.480. The lowest BCUT2D eigenvalue weighted by Gasteiger charge is -2.16. The molecule has 1 aromatic carbocycles. The molecule has 0 saturated heterocycles. The van der Waals surface area contributed by atoms with E-state index in [0.29, 0.717) is 0 Å². The monoisotopic (exact) mass is 310 g/mol. The fraction of sp³-hybridized carbons (Fsp3) is 0.462. The highest BCUT2D eigenvalue weighted by molar-refractivity contribution is 9.10. The first-order valence-electron chi connectivity index (χ1n) is 6.01. The van der Waals surface area contributed by atoms with Gasteiger partial charge in [-0.15, -0.1) is 0 Å². The van der Waals surface area contributed by atoms with Crippen molar-refractivity contribution in [2.24, 2.45) is 4.99 Å². The summed E-state index contributed by atoms with van der Waals surface area (Å²) in [5.41, 5.74) is 1.39. The summed E-state index contributed by atoms with van der Waals surface area (Å²) in [6.45, 7) is 0. The van der Waals surface area contributed by atoms with Gasteiger partial charge in [0.2, 0.25) is 0 Å². The summed E-state index contributed by atoms with van der Waals surface area (Å²) >= 11 is 5.31. The van der Waals surface area contributed by atoms with Crippen LogP contribution in [0.5, 0.6) is 0 Å². The van der Waals surface area contributed by atoms with Crippen molar-refractivity contribution in [1.82, 2.24) is 0 Å². The predicted octanol–water partition coefficient (Wildman–Crippen LogP) is 4.28. The number of aliphatic imine (C=N–C) groups is 1. The highest BCUT2D eigenvalue weighted by Crippen LogP contribution is 2.41. The Kier molecular flexibility index (Phi) is 3.17. The summed E-state index contributed by atoms with van der Waals surface area (Å²) in [7, 11) is 0. The van der Waals surface area contributed by atoms with Gasteiger partial charge >= 0.3 is 0 Å². The van der Waals surface area contributed by atoms with Crippen LogP contribution in [0.2, 0.25) is 0 Å². The van der Waals surface area contributed by atoms with Crippen molar-refractivity contribution in [1.29, 1.82) is 0 Å². The highest BCUT2D eigenvalue weighted by Gasteiger charge is 2.38. The molecule has 17 heavy (non-hydrogen) atoms. The smallest absolute Gasteiger partial charge is 0.161 e. The molecule has 0 amide bonds. The van der Waals surface area contributed by atoms with Gasteiger partial charge in [0.15, 0.2) is 5.17 Å². The first-order chi connectivity index (χ1) is 8.26. The molecule has 0 bridgehead atoms. The van der Waals surface area contributed by atoms with Gasteiger partial charge in [-0.3, -0.25) is 4.99 Å². The van der Waals surface area contributed by atoms with Crippen molar-refractivity contribution in [2.45, 2.75) is 31.2 Å². The zero-order valence-corrected chi connectivity index (χ0v) is 12.0. The van der Waals surface area contributed by atoms with Gasteiger partial charge in [-0.05, 0) is 37.1 Å². The summed E-state index contributed by atoms with van der Waals surface area (Å²) in [6, 6.07) is 8.25. The van der Waals surface area contributed by atoms with E-state index in [1.807, 2.05) is 23.9 Å². The largest absolute Gasteiger partial charge is 0.335 e. The molecule has 2 nitrogen and oxygen atoms in total. The van der Waals surface area contributed by atoms with Crippen LogP contribution >= 0.6 is 27.7 Å². The minimum atomic E-state index is 0.266. The van der Waals surface area contributed by atoms with Gasteiger partial charge < -0.3 is 5.32 Å². The third kappa shape index (κ3) is 2.52. The highest BCUT2D eigenvalue weighted by atomic mass is 79.9. The van der Waals surface area contributed by atoms with E-state index in [9.17, 15) is 0 Å². The first-order valence-corrected chi connectivity index (χ1v) is 7.79. The molecular weight excluding hydrogens is 296 g/mol. The molecule has 1 fully saturated rings. The van der Waals surface area contributed by atoms with Crippen LogP contribution in [0.15, 0.2) is 33.7 Å². The van der Waals surface area contributed by atoms with E-state index in [2.05, 4.69) is 33.4 Å². The van der Waals surface area contributed by atoms with Gasteiger partial charge in [0.05, 0.1) is 5.54 Å². The van der Waals surface area contributed by atoms with E-state index < -0.39 is 0 Å². The van der Waals surface area contributed by atoms with Gasteiger partial charge in [-0.25, -0.2) is 0 Å². The van der Waals surface area contributed by atoms with Crippen molar-refractivity contribution in [3.63, 3.8) is 0 Å². The number of nitrogens with one attached hydrogen (secondary N) is 1. The molecule has 1 aliphatic heterocycles. The number of halogens is 1. The Labute approximate surface area is 114 Å². The molecule has 1 N–H and O–H groups in total. The molecule has 1 saturated carbocycles. The van der Waals surface area contributed by atoms with Crippen LogP contribution in [-0.2, 0) is 0 Å². The van der Waals surface area contributed by atoms with Crippen LogP contribution in [0.4, 0.5) is 5.69 Å². The maximum atomic E-state index is 4.89. The molecule has 1 aliphatic carbocycles. The van der Waals surface area contributed by atoms with Gasteiger partial charge in [0.1, 0.15) is 0 Å². The van der Waals surface area contributed by atoms with E-state index in [1.54, 1.807) is 0 Å². The number of nitrogens with zero attached hydrogens (tertiary/aromatic N) is 1. The molecular formula is C13H15BrN2S. The van der Waals surface area contributed by atoms with Crippen LogP contribution in [0.25, 0.3) is 0 Å². The molecule has 0 aromatic heterocycles. The summed E-state index contributed by atoms with van der Waals surface area (Å²) < 4.78 is 1.11. The molecule has 1 spiro atoms. The van der Waals surface area contributed by atoms with Crippen molar-refractivity contribution in [2.75, 3.05) is 11.1 Å². The number of amidine groups is 1. The number of thioether (sulfide) groups is 1. The minimum absolute atomic E-state index is 0.266. The second-order valence-corrected chi connectivity index (χ2v) is 6.65. The maximum Gasteiger partial charge on any atom is 0.161 e. The van der Waals surface area contributed by atoms with Gasteiger partial charge in [-0.2, -0.15) is 0 Å². The summed E-state index contributed by atoms with van der Waals surface area (Å²) in [5.74, 6) is 1.16. The lowest BCUT2D eigenvalue weighted by molar-refractivity contribution is 0.508. The zero-order valence-electron chi connectivity index (χ0n) is 9.58. The average molecular weight is 311 g/mol. The number of rotatable bonds is 1. The van der Waals surface area contributed by atoms with E-state index in [1.165, 1.54) is 25.7 Å². The van der Waals surface area contributed by atoms with Gasteiger partial charge in [0.25, 0.3) is 0 Å². The SMILES string of the molecule is Brc1ccc(NC2=NC3(CCCC3)CS2)cc1. The number of hydrogen-bond donors (Lipinski definition) is 1. The standard InChI is InChI=1S/C13H15BrN2S/c14-10-3-5-11(6-4-10)15-12-16-13(9-17-12)7-1-2-8-13/h3-6H,1-2,7-9H2,(H,15,16). The van der Waals surface area contributed by atoms with Crippen LogP contribution in [0.3, 0.4) is 0 Å². The minimum Gasteiger partial charge on any atom is -0.335 e. The summed E-state index contributed by atoms with van der Waals surface area (Å²) in [6.07, 6.45) is 5.22. The normalized spacial score (nSPS) is 21.8. The predicted molar refractivity (Wildman–Crippen MR) is 78.9 cm³/mol.